The van der Waals surface area contributed by atoms with Crippen LogP contribution >= 0.6 is 0 Å². The second-order valence-electron chi connectivity index (χ2n) is 6.53. The number of nitrogens with zero attached hydrogens (tertiary/aromatic N) is 1. The number of carbonyl (C=O) groups excluding carboxylic acids is 2. The minimum absolute atomic E-state index is 0.294. The zero-order valence-electron chi connectivity index (χ0n) is 13.4. The van der Waals surface area contributed by atoms with Crippen LogP contribution in [0.3, 0.4) is 0 Å². The van der Waals surface area contributed by atoms with Gasteiger partial charge in [-0.1, -0.05) is 25.1 Å². The standard InChI is InChI=1S/C17H22N2O3/c1-11(15(18)20)9-12-10-19(16(21)22-17(2,3)4)14-8-6-5-7-13(12)14/h5-8,10-11H,9H2,1-4H3,(H2,18,20)/t11-/m0/s1. The summed E-state index contributed by atoms with van der Waals surface area (Å²) in [5, 5.41) is 0.932. The number of benzene rings is 1. The van der Waals surface area contributed by atoms with Crippen LogP contribution in [0.5, 0.6) is 0 Å². The zero-order valence-corrected chi connectivity index (χ0v) is 13.4. The second-order valence-corrected chi connectivity index (χ2v) is 6.53. The van der Waals surface area contributed by atoms with Crippen molar-refractivity contribution >= 4 is 22.9 Å². The second kappa shape index (κ2) is 5.83. The summed E-state index contributed by atoms with van der Waals surface area (Å²) in [4.78, 5) is 23.6. The van der Waals surface area contributed by atoms with Crippen molar-refractivity contribution in [3.05, 3.63) is 36.0 Å². The minimum atomic E-state index is -0.566. The summed E-state index contributed by atoms with van der Waals surface area (Å²) < 4.78 is 6.92. The molecular weight excluding hydrogens is 280 g/mol. The number of amides is 1. The first-order valence-corrected chi connectivity index (χ1v) is 7.30. The van der Waals surface area contributed by atoms with Crippen LogP contribution in [-0.2, 0) is 16.0 Å². The number of nitrogens with two attached hydrogens (primary N) is 1. The van der Waals surface area contributed by atoms with Crippen LogP contribution in [0.1, 0.15) is 33.3 Å². The topological polar surface area (TPSA) is 74.3 Å². The maximum absolute atomic E-state index is 12.4. The highest BCUT2D eigenvalue weighted by molar-refractivity contribution is 5.92. The van der Waals surface area contributed by atoms with Crippen LogP contribution in [0.15, 0.2) is 30.5 Å². The van der Waals surface area contributed by atoms with E-state index in [1.165, 1.54) is 4.57 Å². The summed E-state index contributed by atoms with van der Waals surface area (Å²) in [7, 11) is 0. The quantitative estimate of drug-likeness (QED) is 0.946. The summed E-state index contributed by atoms with van der Waals surface area (Å²) in [6.07, 6.45) is 1.80. The lowest BCUT2D eigenvalue weighted by Crippen LogP contribution is -2.26. The van der Waals surface area contributed by atoms with Crippen molar-refractivity contribution in [2.24, 2.45) is 11.7 Å². The Morgan fingerprint density at radius 3 is 2.50 bits per heavy atom. The molecule has 0 radical (unpaired) electrons. The van der Waals surface area contributed by atoms with Crippen molar-refractivity contribution in [3.8, 4) is 0 Å². The lowest BCUT2D eigenvalue weighted by Gasteiger charge is -2.19. The van der Waals surface area contributed by atoms with E-state index in [-0.39, 0.29) is 11.8 Å². The molecule has 0 aliphatic heterocycles. The van der Waals surface area contributed by atoms with Crippen molar-refractivity contribution in [2.75, 3.05) is 0 Å². The fraction of sp³-hybridized carbons (Fsp3) is 0.412. The molecule has 1 heterocycles. The fourth-order valence-corrected chi connectivity index (χ4v) is 2.31. The van der Waals surface area contributed by atoms with Gasteiger partial charge in [0.05, 0.1) is 5.52 Å². The predicted octanol–water partition coefficient (Wildman–Crippen LogP) is 3.09. The van der Waals surface area contributed by atoms with E-state index in [9.17, 15) is 9.59 Å². The van der Waals surface area contributed by atoms with E-state index in [2.05, 4.69) is 0 Å². The van der Waals surface area contributed by atoms with Crippen LogP contribution in [0.25, 0.3) is 10.9 Å². The molecule has 0 aliphatic carbocycles. The first kappa shape index (κ1) is 16.1. The molecular formula is C17H22N2O3. The van der Waals surface area contributed by atoms with Gasteiger partial charge in [0.15, 0.2) is 0 Å². The van der Waals surface area contributed by atoms with E-state index >= 15 is 0 Å². The van der Waals surface area contributed by atoms with Gasteiger partial charge in [-0.15, -0.1) is 0 Å². The Morgan fingerprint density at radius 1 is 1.27 bits per heavy atom. The molecule has 0 saturated heterocycles. The molecule has 1 aromatic carbocycles. The zero-order chi connectivity index (χ0) is 16.5. The van der Waals surface area contributed by atoms with Crippen molar-refractivity contribution in [1.82, 2.24) is 4.57 Å². The van der Waals surface area contributed by atoms with Gasteiger partial charge in [0.2, 0.25) is 5.91 Å². The molecule has 0 bridgehead atoms. The van der Waals surface area contributed by atoms with Crippen LogP contribution in [0.4, 0.5) is 4.79 Å². The third kappa shape index (κ3) is 3.47. The minimum Gasteiger partial charge on any atom is -0.443 e. The van der Waals surface area contributed by atoms with Gasteiger partial charge in [-0.3, -0.25) is 9.36 Å². The summed E-state index contributed by atoms with van der Waals surface area (Å²) in [6.45, 7) is 7.26. The fourth-order valence-electron chi connectivity index (χ4n) is 2.31. The number of fused-ring (bicyclic) bond motifs is 1. The molecule has 0 fully saturated rings. The molecule has 118 valence electrons. The Balaban J connectivity index is 2.44. The highest BCUT2D eigenvalue weighted by atomic mass is 16.6. The average Bonchev–Trinajstić information content (AvgIpc) is 2.76. The predicted molar refractivity (Wildman–Crippen MR) is 85.6 cm³/mol. The highest BCUT2D eigenvalue weighted by Crippen LogP contribution is 2.25. The van der Waals surface area contributed by atoms with Gasteiger partial charge in [0, 0.05) is 17.5 Å². The third-order valence-electron chi connectivity index (χ3n) is 3.40. The van der Waals surface area contributed by atoms with Crippen LogP contribution in [-0.4, -0.2) is 22.2 Å². The largest absolute Gasteiger partial charge is 0.443 e. The molecule has 1 atom stereocenters. The normalized spacial score (nSPS) is 13.1. The van der Waals surface area contributed by atoms with Gasteiger partial charge >= 0.3 is 6.09 Å². The van der Waals surface area contributed by atoms with E-state index < -0.39 is 11.7 Å². The lowest BCUT2D eigenvalue weighted by molar-refractivity contribution is -0.121. The molecule has 2 aromatic rings. The maximum atomic E-state index is 12.4. The SMILES string of the molecule is C[C@@H](Cc1cn(C(=O)OC(C)(C)C)c2ccccc12)C(N)=O. The Kier molecular flexibility index (Phi) is 4.26. The molecule has 22 heavy (non-hydrogen) atoms. The molecule has 0 aliphatic rings. The van der Waals surface area contributed by atoms with Gasteiger partial charge in [0.1, 0.15) is 5.60 Å². The summed E-state index contributed by atoms with van der Waals surface area (Å²) in [6, 6.07) is 7.56. The van der Waals surface area contributed by atoms with E-state index in [1.54, 1.807) is 13.1 Å². The van der Waals surface area contributed by atoms with E-state index in [0.29, 0.717) is 6.42 Å². The molecule has 1 amide bonds. The number of hydrogen-bond donors (Lipinski definition) is 1. The van der Waals surface area contributed by atoms with Crippen molar-refractivity contribution < 1.29 is 14.3 Å². The van der Waals surface area contributed by atoms with Gasteiger partial charge in [-0.25, -0.2) is 4.79 Å². The first-order valence-electron chi connectivity index (χ1n) is 7.30. The number of hydrogen-bond acceptors (Lipinski definition) is 3. The Morgan fingerprint density at radius 2 is 1.91 bits per heavy atom. The maximum Gasteiger partial charge on any atom is 0.419 e. The van der Waals surface area contributed by atoms with E-state index in [1.807, 2.05) is 45.0 Å². The number of primary amides is 1. The highest BCUT2D eigenvalue weighted by Gasteiger charge is 2.21. The van der Waals surface area contributed by atoms with Gasteiger partial charge < -0.3 is 10.5 Å². The summed E-state index contributed by atoms with van der Waals surface area (Å²) in [5.74, 6) is -0.646. The Bertz CT molecular complexity index is 710. The molecule has 0 spiro atoms. The molecule has 0 saturated carbocycles. The molecule has 5 heteroatoms. The van der Waals surface area contributed by atoms with E-state index in [4.69, 9.17) is 10.5 Å². The third-order valence-corrected chi connectivity index (χ3v) is 3.40. The van der Waals surface area contributed by atoms with Crippen molar-refractivity contribution in [2.45, 2.75) is 39.7 Å². The smallest absolute Gasteiger partial charge is 0.419 e. The number of rotatable bonds is 3. The van der Waals surface area contributed by atoms with Gasteiger partial charge in [-0.05, 0) is 38.8 Å². The van der Waals surface area contributed by atoms with Crippen molar-refractivity contribution in [1.29, 1.82) is 0 Å². The molecule has 2 rings (SSSR count). The molecule has 2 N–H and O–H groups in total. The lowest BCUT2D eigenvalue weighted by atomic mass is 10.0. The molecule has 1 aromatic heterocycles. The number of aromatic nitrogens is 1. The molecule has 5 nitrogen and oxygen atoms in total. The van der Waals surface area contributed by atoms with Gasteiger partial charge in [-0.2, -0.15) is 0 Å². The number of para-hydroxylation sites is 1. The van der Waals surface area contributed by atoms with Gasteiger partial charge in [0.25, 0.3) is 0 Å². The summed E-state index contributed by atoms with van der Waals surface area (Å²) in [5.41, 5.74) is 6.45. The number of ether oxygens (including phenoxy) is 1. The van der Waals surface area contributed by atoms with Crippen LogP contribution in [0, 0.1) is 5.92 Å². The van der Waals surface area contributed by atoms with Crippen molar-refractivity contribution in [3.63, 3.8) is 0 Å². The first-order chi connectivity index (χ1) is 10.2. The van der Waals surface area contributed by atoms with Crippen LogP contribution in [0.2, 0.25) is 0 Å². The van der Waals surface area contributed by atoms with Crippen LogP contribution < -0.4 is 5.73 Å². The average molecular weight is 302 g/mol. The Hall–Kier alpha value is -2.30. The van der Waals surface area contributed by atoms with E-state index in [0.717, 1.165) is 16.5 Å². The monoisotopic (exact) mass is 302 g/mol. The Labute approximate surface area is 130 Å². The molecule has 0 unspecified atom stereocenters. The number of carbonyl (C=O) groups is 2. The summed E-state index contributed by atoms with van der Waals surface area (Å²) >= 11 is 0.